The minimum atomic E-state index is -0.318. The van der Waals surface area contributed by atoms with Crippen LogP contribution in [0.15, 0.2) is 11.0 Å². The predicted molar refractivity (Wildman–Crippen MR) is 76.5 cm³/mol. The van der Waals surface area contributed by atoms with Crippen LogP contribution in [0.5, 0.6) is 0 Å². The standard InChI is InChI=1S/C12H19ClN4O3/c1-19-5-3-17-12(18)11(13)10(7-16-17)15-6-9-8-20-4-2-14-9/h7,9,14-15H,2-6,8H2,1H3. The predicted octanol–water partition coefficient (Wildman–Crippen LogP) is -0.0566. The average Bonchev–Trinajstić information content (AvgIpc) is 2.49. The Morgan fingerprint density at radius 3 is 3.25 bits per heavy atom. The number of morpholine rings is 1. The molecule has 0 saturated carbocycles. The van der Waals surface area contributed by atoms with Gasteiger partial charge in [0, 0.05) is 26.2 Å². The topological polar surface area (TPSA) is 77.4 Å². The summed E-state index contributed by atoms with van der Waals surface area (Å²) in [6.45, 7) is 3.63. The van der Waals surface area contributed by atoms with Crippen LogP contribution in [0.4, 0.5) is 5.69 Å². The minimum Gasteiger partial charge on any atom is -0.383 e. The maximum absolute atomic E-state index is 12.0. The summed E-state index contributed by atoms with van der Waals surface area (Å²) in [6.07, 6.45) is 1.56. The van der Waals surface area contributed by atoms with E-state index in [0.717, 1.165) is 13.2 Å². The third kappa shape index (κ3) is 3.92. The Labute approximate surface area is 122 Å². The summed E-state index contributed by atoms with van der Waals surface area (Å²) in [5.41, 5.74) is 0.222. The summed E-state index contributed by atoms with van der Waals surface area (Å²) in [4.78, 5) is 12.0. The van der Waals surface area contributed by atoms with Crippen LogP contribution in [0.25, 0.3) is 0 Å². The molecule has 8 heteroatoms. The van der Waals surface area contributed by atoms with E-state index < -0.39 is 0 Å². The molecule has 1 atom stereocenters. The van der Waals surface area contributed by atoms with Crippen molar-refractivity contribution in [2.75, 3.05) is 45.3 Å². The van der Waals surface area contributed by atoms with Crippen LogP contribution in [0.1, 0.15) is 0 Å². The molecule has 1 unspecified atom stereocenters. The summed E-state index contributed by atoms with van der Waals surface area (Å²) in [7, 11) is 1.57. The molecule has 1 aromatic rings. The highest BCUT2D eigenvalue weighted by atomic mass is 35.5. The van der Waals surface area contributed by atoms with Crippen molar-refractivity contribution < 1.29 is 9.47 Å². The molecule has 0 amide bonds. The van der Waals surface area contributed by atoms with E-state index in [4.69, 9.17) is 21.1 Å². The summed E-state index contributed by atoms with van der Waals surface area (Å²) in [5, 5.41) is 10.6. The summed E-state index contributed by atoms with van der Waals surface area (Å²) < 4.78 is 11.6. The van der Waals surface area contributed by atoms with Gasteiger partial charge >= 0.3 is 0 Å². The van der Waals surface area contributed by atoms with E-state index in [1.165, 1.54) is 4.68 Å². The SMILES string of the molecule is COCCn1ncc(NCC2COCCN2)c(Cl)c1=O. The highest BCUT2D eigenvalue weighted by molar-refractivity contribution is 6.32. The van der Waals surface area contributed by atoms with Gasteiger partial charge in [0.2, 0.25) is 0 Å². The molecule has 2 N–H and O–H groups in total. The highest BCUT2D eigenvalue weighted by Crippen LogP contribution is 2.15. The van der Waals surface area contributed by atoms with Crippen LogP contribution in [-0.4, -0.2) is 55.8 Å². The van der Waals surface area contributed by atoms with Crippen LogP contribution in [-0.2, 0) is 16.0 Å². The maximum Gasteiger partial charge on any atom is 0.287 e. The first-order valence-electron chi connectivity index (χ1n) is 6.52. The van der Waals surface area contributed by atoms with Gasteiger partial charge in [-0.15, -0.1) is 0 Å². The zero-order chi connectivity index (χ0) is 14.4. The fourth-order valence-corrected chi connectivity index (χ4v) is 2.12. The largest absolute Gasteiger partial charge is 0.383 e. The van der Waals surface area contributed by atoms with Crippen LogP contribution in [0.3, 0.4) is 0 Å². The fourth-order valence-electron chi connectivity index (χ4n) is 1.91. The highest BCUT2D eigenvalue weighted by Gasteiger charge is 2.14. The van der Waals surface area contributed by atoms with Crippen LogP contribution < -0.4 is 16.2 Å². The third-order valence-electron chi connectivity index (χ3n) is 3.03. The van der Waals surface area contributed by atoms with E-state index in [1.54, 1.807) is 13.3 Å². The van der Waals surface area contributed by atoms with Gasteiger partial charge in [0.1, 0.15) is 5.02 Å². The zero-order valence-electron chi connectivity index (χ0n) is 11.4. The Kier molecular flexibility index (Phi) is 5.78. The number of hydrogen-bond acceptors (Lipinski definition) is 6. The minimum absolute atomic E-state index is 0.146. The van der Waals surface area contributed by atoms with Gasteiger partial charge in [-0.3, -0.25) is 4.79 Å². The first-order valence-corrected chi connectivity index (χ1v) is 6.89. The molecule has 2 rings (SSSR count). The Hall–Kier alpha value is -1.15. The smallest absolute Gasteiger partial charge is 0.287 e. The molecule has 1 saturated heterocycles. The van der Waals surface area contributed by atoms with E-state index in [2.05, 4.69) is 15.7 Å². The number of nitrogens with zero attached hydrogens (tertiary/aromatic N) is 2. The molecule has 7 nitrogen and oxygen atoms in total. The van der Waals surface area contributed by atoms with Gasteiger partial charge in [0.25, 0.3) is 5.56 Å². The van der Waals surface area contributed by atoms with Crippen molar-refractivity contribution >= 4 is 17.3 Å². The Bertz CT molecular complexity index is 488. The molecule has 1 aliphatic rings. The lowest BCUT2D eigenvalue weighted by Gasteiger charge is -2.24. The van der Waals surface area contributed by atoms with Gasteiger partial charge in [0.15, 0.2) is 0 Å². The number of ether oxygens (including phenoxy) is 2. The lowest BCUT2D eigenvalue weighted by atomic mass is 10.2. The number of aromatic nitrogens is 2. The van der Waals surface area contributed by atoms with E-state index in [0.29, 0.717) is 32.0 Å². The summed E-state index contributed by atoms with van der Waals surface area (Å²) in [6, 6.07) is 0.204. The molecule has 20 heavy (non-hydrogen) atoms. The monoisotopic (exact) mass is 302 g/mol. The Morgan fingerprint density at radius 1 is 1.70 bits per heavy atom. The molecule has 0 spiro atoms. The van der Waals surface area contributed by atoms with Gasteiger partial charge in [-0.25, -0.2) is 4.68 Å². The van der Waals surface area contributed by atoms with E-state index in [1.807, 2.05) is 0 Å². The van der Waals surface area contributed by atoms with Crippen molar-refractivity contribution in [3.8, 4) is 0 Å². The van der Waals surface area contributed by atoms with E-state index in [9.17, 15) is 4.79 Å². The number of anilines is 1. The number of methoxy groups -OCH3 is 1. The average molecular weight is 303 g/mol. The normalized spacial score (nSPS) is 19.0. The van der Waals surface area contributed by atoms with Crippen molar-refractivity contribution in [1.29, 1.82) is 0 Å². The molecule has 1 fully saturated rings. The van der Waals surface area contributed by atoms with Gasteiger partial charge in [-0.2, -0.15) is 5.10 Å². The molecule has 1 aromatic heterocycles. The molecular formula is C12H19ClN4O3. The van der Waals surface area contributed by atoms with Crippen LogP contribution in [0, 0.1) is 0 Å². The van der Waals surface area contributed by atoms with E-state index in [-0.39, 0.29) is 16.6 Å². The Balaban J connectivity index is 1.97. The Morgan fingerprint density at radius 2 is 2.55 bits per heavy atom. The maximum atomic E-state index is 12.0. The van der Waals surface area contributed by atoms with Crippen molar-refractivity contribution in [2.45, 2.75) is 12.6 Å². The molecule has 0 radical (unpaired) electrons. The van der Waals surface area contributed by atoms with Gasteiger partial charge in [-0.1, -0.05) is 11.6 Å². The second kappa shape index (κ2) is 7.58. The molecule has 0 bridgehead atoms. The zero-order valence-corrected chi connectivity index (χ0v) is 12.2. The van der Waals surface area contributed by atoms with Gasteiger partial charge in [0.05, 0.1) is 38.2 Å². The van der Waals surface area contributed by atoms with Crippen molar-refractivity contribution in [3.05, 3.63) is 21.6 Å². The molecule has 0 aromatic carbocycles. The van der Waals surface area contributed by atoms with Crippen LogP contribution in [0.2, 0.25) is 5.02 Å². The lowest BCUT2D eigenvalue weighted by molar-refractivity contribution is 0.0806. The number of halogens is 1. The second-order valence-electron chi connectivity index (χ2n) is 4.50. The molecule has 0 aliphatic carbocycles. The molecule has 2 heterocycles. The quantitative estimate of drug-likeness (QED) is 0.767. The fraction of sp³-hybridized carbons (Fsp3) is 0.667. The number of nitrogens with one attached hydrogen (secondary N) is 2. The number of hydrogen-bond donors (Lipinski definition) is 2. The van der Waals surface area contributed by atoms with Crippen molar-refractivity contribution in [2.24, 2.45) is 0 Å². The first kappa shape index (κ1) is 15.2. The molecule has 112 valence electrons. The van der Waals surface area contributed by atoms with Gasteiger partial charge < -0.3 is 20.1 Å². The van der Waals surface area contributed by atoms with Gasteiger partial charge in [-0.05, 0) is 0 Å². The molecule has 1 aliphatic heterocycles. The number of rotatable bonds is 6. The second-order valence-corrected chi connectivity index (χ2v) is 4.88. The lowest BCUT2D eigenvalue weighted by Crippen LogP contribution is -2.45. The van der Waals surface area contributed by atoms with Crippen molar-refractivity contribution in [1.82, 2.24) is 15.1 Å². The molecular weight excluding hydrogens is 284 g/mol. The van der Waals surface area contributed by atoms with Crippen molar-refractivity contribution in [3.63, 3.8) is 0 Å². The van der Waals surface area contributed by atoms with Crippen LogP contribution >= 0.6 is 11.6 Å². The van der Waals surface area contributed by atoms with E-state index >= 15 is 0 Å². The third-order valence-corrected chi connectivity index (χ3v) is 3.39. The first-order chi connectivity index (χ1) is 9.72. The summed E-state index contributed by atoms with van der Waals surface area (Å²) >= 11 is 6.07. The summed E-state index contributed by atoms with van der Waals surface area (Å²) in [5.74, 6) is 0.